The predicted molar refractivity (Wildman–Crippen MR) is 59.8 cm³/mol. The summed E-state index contributed by atoms with van der Waals surface area (Å²) in [6.45, 7) is 0.489. The molecule has 1 atom stereocenters. The first kappa shape index (κ1) is 11.8. The summed E-state index contributed by atoms with van der Waals surface area (Å²) in [6, 6.07) is 5.35. The summed E-state index contributed by atoms with van der Waals surface area (Å²) in [4.78, 5) is 0. The summed E-state index contributed by atoms with van der Waals surface area (Å²) in [5.41, 5.74) is 6.30. The number of benzene rings is 1. The van der Waals surface area contributed by atoms with Crippen LogP contribution in [0.4, 0.5) is 0 Å². The van der Waals surface area contributed by atoms with E-state index in [0.717, 1.165) is 5.56 Å². The molecule has 0 spiro atoms. The van der Waals surface area contributed by atoms with Crippen molar-refractivity contribution in [3.05, 3.63) is 33.8 Å². The van der Waals surface area contributed by atoms with Gasteiger partial charge in [-0.3, -0.25) is 0 Å². The molecule has 0 saturated heterocycles. The van der Waals surface area contributed by atoms with Crippen molar-refractivity contribution in [2.75, 3.05) is 6.54 Å². The first-order chi connectivity index (χ1) is 6.63. The Morgan fingerprint density at radius 1 is 1.29 bits per heavy atom. The molecule has 0 aliphatic rings. The van der Waals surface area contributed by atoms with Crippen LogP contribution in [-0.4, -0.2) is 17.8 Å². The van der Waals surface area contributed by atoms with Crippen molar-refractivity contribution in [3.8, 4) is 0 Å². The second kappa shape index (κ2) is 5.56. The molecule has 0 heterocycles. The van der Waals surface area contributed by atoms with Crippen molar-refractivity contribution >= 4 is 23.2 Å². The number of halogens is 2. The van der Waals surface area contributed by atoms with Gasteiger partial charge in [-0.05, 0) is 37.1 Å². The van der Waals surface area contributed by atoms with Crippen LogP contribution in [0.5, 0.6) is 0 Å². The number of hydrogen-bond acceptors (Lipinski definition) is 2. The minimum absolute atomic E-state index is 0.405. The Morgan fingerprint density at radius 3 is 2.57 bits per heavy atom. The third-order valence-corrected chi connectivity index (χ3v) is 2.69. The Labute approximate surface area is 93.6 Å². The number of rotatable bonds is 4. The molecular weight excluding hydrogens is 221 g/mol. The van der Waals surface area contributed by atoms with Gasteiger partial charge >= 0.3 is 0 Å². The molecule has 0 fully saturated rings. The van der Waals surface area contributed by atoms with Crippen LogP contribution in [-0.2, 0) is 6.42 Å². The van der Waals surface area contributed by atoms with Crippen molar-refractivity contribution in [3.63, 3.8) is 0 Å². The molecule has 14 heavy (non-hydrogen) atoms. The molecule has 0 aromatic heterocycles. The van der Waals surface area contributed by atoms with E-state index in [1.165, 1.54) is 0 Å². The molecular formula is C10H13Cl2NO. The standard InChI is InChI=1S/C10H13Cl2NO/c11-9-2-1-7(6-10(9)12)5-8(14)3-4-13/h1-2,6,8,14H,3-5,13H2. The molecule has 0 amide bonds. The van der Waals surface area contributed by atoms with Crippen molar-refractivity contribution in [2.45, 2.75) is 18.9 Å². The van der Waals surface area contributed by atoms with Crippen molar-refractivity contribution < 1.29 is 5.11 Å². The maximum Gasteiger partial charge on any atom is 0.0595 e. The normalized spacial score (nSPS) is 12.9. The number of aliphatic hydroxyl groups excluding tert-OH is 1. The lowest BCUT2D eigenvalue weighted by molar-refractivity contribution is 0.167. The highest BCUT2D eigenvalue weighted by molar-refractivity contribution is 6.42. The SMILES string of the molecule is NCCC(O)Cc1ccc(Cl)c(Cl)c1. The van der Waals surface area contributed by atoms with E-state index < -0.39 is 6.10 Å². The maximum absolute atomic E-state index is 9.51. The van der Waals surface area contributed by atoms with Crippen LogP contribution in [0.3, 0.4) is 0 Å². The van der Waals surface area contributed by atoms with Gasteiger partial charge in [-0.2, -0.15) is 0 Å². The molecule has 0 radical (unpaired) electrons. The molecule has 0 aliphatic heterocycles. The predicted octanol–water partition coefficient (Wildman–Crippen LogP) is 2.25. The van der Waals surface area contributed by atoms with Crippen LogP contribution in [0.1, 0.15) is 12.0 Å². The highest BCUT2D eigenvalue weighted by Gasteiger charge is 2.06. The maximum atomic E-state index is 9.51. The molecule has 2 nitrogen and oxygen atoms in total. The Bertz CT molecular complexity index is 304. The smallest absolute Gasteiger partial charge is 0.0595 e. The third-order valence-electron chi connectivity index (χ3n) is 1.96. The van der Waals surface area contributed by atoms with Crippen molar-refractivity contribution in [1.29, 1.82) is 0 Å². The third kappa shape index (κ3) is 3.46. The molecule has 78 valence electrons. The van der Waals surface area contributed by atoms with Crippen LogP contribution in [0.15, 0.2) is 18.2 Å². The summed E-state index contributed by atoms with van der Waals surface area (Å²) in [6.07, 6.45) is 0.756. The van der Waals surface area contributed by atoms with Gasteiger partial charge in [-0.1, -0.05) is 29.3 Å². The quantitative estimate of drug-likeness (QED) is 0.839. The Kier molecular flexibility index (Phi) is 4.69. The summed E-state index contributed by atoms with van der Waals surface area (Å²) in [5.74, 6) is 0. The van der Waals surface area contributed by atoms with Crippen LogP contribution in [0.25, 0.3) is 0 Å². The van der Waals surface area contributed by atoms with E-state index in [-0.39, 0.29) is 0 Å². The van der Waals surface area contributed by atoms with Crippen LogP contribution >= 0.6 is 23.2 Å². The lowest BCUT2D eigenvalue weighted by atomic mass is 10.1. The van der Waals surface area contributed by atoms with Gasteiger partial charge in [0.05, 0.1) is 16.1 Å². The molecule has 1 unspecified atom stereocenters. The van der Waals surface area contributed by atoms with Gasteiger partial charge in [0.15, 0.2) is 0 Å². The van der Waals surface area contributed by atoms with Gasteiger partial charge in [0, 0.05) is 0 Å². The molecule has 1 aromatic rings. The molecule has 0 saturated carbocycles. The van der Waals surface area contributed by atoms with Crippen LogP contribution in [0, 0.1) is 0 Å². The monoisotopic (exact) mass is 233 g/mol. The van der Waals surface area contributed by atoms with Gasteiger partial charge in [-0.15, -0.1) is 0 Å². The van der Waals surface area contributed by atoms with Gasteiger partial charge in [-0.25, -0.2) is 0 Å². The zero-order chi connectivity index (χ0) is 10.6. The fourth-order valence-corrected chi connectivity index (χ4v) is 1.55. The number of aliphatic hydroxyl groups is 1. The molecule has 4 heteroatoms. The second-order valence-corrected chi connectivity index (χ2v) is 4.00. The van der Waals surface area contributed by atoms with Gasteiger partial charge in [0.2, 0.25) is 0 Å². The van der Waals surface area contributed by atoms with E-state index >= 15 is 0 Å². The lowest BCUT2D eigenvalue weighted by Crippen LogP contribution is -2.15. The van der Waals surface area contributed by atoms with E-state index in [0.29, 0.717) is 29.4 Å². The number of hydrogen-bond donors (Lipinski definition) is 2. The van der Waals surface area contributed by atoms with E-state index in [2.05, 4.69) is 0 Å². The average Bonchev–Trinajstić information content (AvgIpc) is 2.12. The van der Waals surface area contributed by atoms with E-state index in [9.17, 15) is 5.11 Å². The lowest BCUT2D eigenvalue weighted by Gasteiger charge is -2.09. The van der Waals surface area contributed by atoms with E-state index in [4.69, 9.17) is 28.9 Å². The van der Waals surface area contributed by atoms with E-state index in [1.54, 1.807) is 12.1 Å². The van der Waals surface area contributed by atoms with E-state index in [1.807, 2.05) is 6.07 Å². The summed E-state index contributed by atoms with van der Waals surface area (Å²) < 4.78 is 0. The molecule has 1 rings (SSSR count). The van der Waals surface area contributed by atoms with Crippen LogP contribution < -0.4 is 5.73 Å². The molecule has 1 aromatic carbocycles. The summed E-state index contributed by atoms with van der Waals surface area (Å²) >= 11 is 11.6. The molecule has 0 aliphatic carbocycles. The first-order valence-corrected chi connectivity index (χ1v) is 5.21. The highest BCUT2D eigenvalue weighted by atomic mass is 35.5. The second-order valence-electron chi connectivity index (χ2n) is 3.18. The molecule has 3 N–H and O–H groups in total. The fraction of sp³-hybridized carbons (Fsp3) is 0.400. The largest absolute Gasteiger partial charge is 0.393 e. The zero-order valence-corrected chi connectivity index (χ0v) is 9.22. The summed E-state index contributed by atoms with van der Waals surface area (Å²) in [7, 11) is 0. The van der Waals surface area contributed by atoms with Crippen molar-refractivity contribution in [1.82, 2.24) is 0 Å². The van der Waals surface area contributed by atoms with Gasteiger partial charge in [0.1, 0.15) is 0 Å². The molecule has 0 bridgehead atoms. The van der Waals surface area contributed by atoms with Gasteiger partial charge in [0.25, 0.3) is 0 Å². The Balaban J connectivity index is 2.63. The topological polar surface area (TPSA) is 46.2 Å². The highest BCUT2D eigenvalue weighted by Crippen LogP contribution is 2.23. The zero-order valence-electron chi connectivity index (χ0n) is 7.71. The minimum Gasteiger partial charge on any atom is -0.393 e. The minimum atomic E-state index is -0.405. The fourth-order valence-electron chi connectivity index (χ4n) is 1.23. The van der Waals surface area contributed by atoms with Crippen LogP contribution in [0.2, 0.25) is 10.0 Å². The summed E-state index contributed by atoms with van der Waals surface area (Å²) in [5, 5.41) is 10.6. The number of nitrogens with two attached hydrogens (primary N) is 1. The average molecular weight is 234 g/mol. The first-order valence-electron chi connectivity index (χ1n) is 4.45. The van der Waals surface area contributed by atoms with Gasteiger partial charge < -0.3 is 10.8 Å². The van der Waals surface area contributed by atoms with Crippen molar-refractivity contribution in [2.24, 2.45) is 5.73 Å². The Morgan fingerprint density at radius 2 is 2.00 bits per heavy atom. The Hall–Kier alpha value is -0.280.